The van der Waals surface area contributed by atoms with Crippen molar-refractivity contribution in [3.05, 3.63) is 68.3 Å². The van der Waals surface area contributed by atoms with E-state index in [4.69, 9.17) is 4.74 Å². The standard InChI is InChI=1S/C21H16F3N3O4S/c1-9-8-31-16-7-26-6-13(18(28)19(29)17(26)21(30)27(9)16)20-25-5-11(32-20)4-12-14(23)2-10(22)3-15(12)24/h2-3,5-6,9,16,29H,4,7-8H2,1H3/t9-,16+/m0/s1. The third-order valence-electron chi connectivity index (χ3n) is 5.60. The predicted molar refractivity (Wildman–Crippen MR) is 108 cm³/mol. The number of benzene rings is 1. The zero-order chi connectivity index (χ0) is 22.7. The first-order valence-corrected chi connectivity index (χ1v) is 10.6. The maximum atomic E-state index is 14.0. The molecule has 5 rings (SSSR count). The molecule has 1 N–H and O–H groups in total. The van der Waals surface area contributed by atoms with Crippen molar-refractivity contribution in [1.82, 2.24) is 14.5 Å². The van der Waals surface area contributed by atoms with Gasteiger partial charge in [-0.1, -0.05) is 0 Å². The number of rotatable bonds is 3. The molecule has 1 amide bonds. The maximum absolute atomic E-state index is 14.0. The van der Waals surface area contributed by atoms with Gasteiger partial charge in [0.15, 0.2) is 17.7 Å². The molecule has 4 heterocycles. The van der Waals surface area contributed by atoms with Crippen molar-refractivity contribution >= 4 is 17.2 Å². The number of thiazole rings is 1. The van der Waals surface area contributed by atoms with Crippen LogP contribution in [0.3, 0.4) is 0 Å². The van der Waals surface area contributed by atoms with Crippen molar-refractivity contribution in [1.29, 1.82) is 0 Å². The summed E-state index contributed by atoms with van der Waals surface area (Å²) >= 11 is 1.01. The molecule has 0 saturated carbocycles. The molecule has 1 aromatic carbocycles. The molecular weight excluding hydrogens is 447 g/mol. The second-order valence-electron chi connectivity index (χ2n) is 7.73. The fraction of sp³-hybridized carbons (Fsp3) is 0.286. The van der Waals surface area contributed by atoms with Crippen LogP contribution in [0.25, 0.3) is 10.6 Å². The van der Waals surface area contributed by atoms with Gasteiger partial charge < -0.3 is 19.3 Å². The Balaban J connectivity index is 1.51. The summed E-state index contributed by atoms with van der Waals surface area (Å²) in [5.74, 6) is -4.22. The molecule has 1 saturated heterocycles. The fourth-order valence-corrected chi connectivity index (χ4v) is 4.99. The van der Waals surface area contributed by atoms with Crippen LogP contribution in [0.1, 0.15) is 27.9 Å². The number of amides is 1. The normalized spacial score (nSPS) is 19.9. The number of hydrogen-bond donors (Lipinski definition) is 1. The topological polar surface area (TPSA) is 84.7 Å². The van der Waals surface area contributed by atoms with Gasteiger partial charge in [0.1, 0.15) is 22.5 Å². The van der Waals surface area contributed by atoms with Crippen LogP contribution in [0.15, 0.2) is 29.3 Å². The summed E-state index contributed by atoms with van der Waals surface area (Å²) in [5.41, 5.74) is -1.14. The van der Waals surface area contributed by atoms with Gasteiger partial charge in [0.25, 0.3) is 5.91 Å². The minimum Gasteiger partial charge on any atom is -0.503 e. The van der Waals surface area contributed by atoms with Gasteiger partial charge in [-0.25, -0.2) is 18.2 Å². The number of ether oxygens (including phenoxy) is 1. The van der Waals surface area contributed by atoms with Crippen molar-refractivity contribution in [2.24, 2.45) is 0 Å². The van der Waals surface area contributed by atoms with E-state index in [-0.39, 0.29) is 40.8 Å². The Hall–Kier alpha value is -3.18. The van der Waals surface area contributed by atoms with Gasteiger partial charge in [0.2, 0.25) is 5.43 Å². The molecule has 1 fully saturated rings. The minimum absolute atomic E-state index is 0.0508. The van der Waals surface area contributed by atoms with Gasteiger partial charge in [-0.05, 0) is 6.92 Å². The van der Waals surface area contributed by atoms with Crippen molar-refractivity contribution in [2.75, 3.05) is 6.61 Å². The van der Waals surface area contributed by atoms with Gasteiger partial charge >= 0.3 is 0 Å². The van der Waals surface area contributed by atoms with Crippen molar-refractivity contribution in [3.63, 3.8) is 0 Å². The van der Waals surface area contributed by atoms with E-state index in [9.17, 15) is 27.9 Å². The molecule has 2 aromatic heterocycles. The largest absolute Gasteiger partial charge is 0.503 e. The minimum atomic E-state index is -1.02. The van der Waals surface area contributed by atoms with Crippen LogP contribution in [0, 0.1) is 17.5 Å². The number of hydrogen-bond acceptors (Lipinski definition) is 6. The Morgan fingerprint density at radius 2 is 1.97 bits per heavy atom. The van der Waals surface area contributed by atoms with Gasteiger partial charge in [-0.3, -0.25) is 9.59 Å². The predicted octanol–water partition coefficient (Wildman–Crippen LogP) is 2.89. The quantitative estimate of drug-likeness (QED) is 0.646. The summed E-state index contributed by atoms with van der Waals surface area (Å²) in [6.07, 6.45) is 2.10. The number of carbonyl (C=O) groups excluding carboxylic acids is 1. The highest BCUT2D eigenvalue weighted by atomic mass is 32.1. The van der Waals surface area contributed by atoms with Crippen LogP contribution >= 0.6 is 11.3 Å². The van der Waals surface area contributed by atoms with E-state index in [2.05, 4.69) is 4.98 Å². The number of pyridine rings is 1. The highest BCUT2D eigenvalue weighted by Gasteiger charge is 2.42. The molecule has 0 radical (unpaired) electrons. The Morgan fingerprint density at radius 1 is 1.25 bits per heavy atom. The highest BCUT2D eigenvalue weighted by molar-refractivity contribution is 7.15. The van der Waals surface area contributed by atoms with E-state index in [0.717, 1.165) is 11.3 Å². The van der Waals surface area contributed by atoms with E-state index >= 15 is 0 Å². The zero-order valence-corrected chi connectivity index (χ0v) is 17.5. The summed E-state index contributed by atoms with van der Waals surface area (Å²) in [7, 11) is 0. The summed E-state index contributed by atoms with van der Waals surface area (Å²) < 4.78 is 48.2. The summed E-state index contributed by atoms with van der Waals surface area (Å²) in [5, 5.41) is 10.7. The SMILES string of the molecule is C[C@H]1CO[C@@H]2Cn3cc(-c4ncc(Cc5c(F)cc(F)cc5F)s4)c(=O)c(O)c3C(=O)N12. The van der Waals surface area contributed by atoms with Crippen molar-refractivity contribution in [3.8, 4) is 16.3 Å². The Morgan fingerprint density at radius 3 is 2.69 bits per heavy atom. The van der Waals surface area contributed by atoms with Crippen LogP contribution in [0.2, 0.25) is 0 Å². The average Bonchev–Trinajstić information content (AvgIpc) is 3.34. The third kappa shape index (κ3) is 3.19. The highest BCUT2D eigenvalue weighted by Crippen LogP contribution is 2.33. The molecule has 11 heteroatoms. The van der Waals surface area contributed by atoms with E-state index in [1.165, 1.54) is 21.9 Å². The summed E-state index contributed by atoms with van der Waals surface area (Å²) in [6.45, 7) is 2.41. The summed E-state index contributed by atoms with van der Waals surface area (Å²) in [6, 6.07) is 1.02. The zero-order valence-electron chi connectivity index (χ0n) is 16.6. The fourth-order valence-electron chi connectivity index (χ4n) is 4.06. The smallest absolute Gasteiger partial charge is 0.276 e. The molecule has 2 atom stereocenters. The number of nitrogens with zero attached hydrogens (tertiary/aromatic N) is 3. The van der Waals surface area contributed by atoms with Crippen LogP contribution in [0.5, 0.6) is 5.75 Å². The van der Waals surface area contributed by atoms with E-state index < -0.39 is 40.8 Å². The molecule has 0 aliphatic carbocycles. The van der Waals surface area contributed by atoms with E-state index in [1.54, 1.807) is 0 Å². The van der Waals surface area contributed by atoms with E-state index in [0.29, 0.717) is 23.6 Å². The summed E-state index contributed by atoms with van der Waals surface area (Å²) in [4.78, 5) is 31.7. The molecule has 166 valence electrons. The van der Waals surface area contributed by atoms with Gasteiger partial charge in [-0.15, -0.1) is 11.3 Å². The first-order valence-electron chi connectivity index (χ1n) is 9.73. The number of aromatic hydroxyl groups is 1. The number of halogens is 3. The molecule has 0 unspecified atom stereocenters. The lowest BCUT2D eigenvalue weighted by Gasteiger charge is -2.33. The van der Waals surface area contributed by atoms with Gasteiger partial charge in [-0.2, -0.15) is 0 Å². The maximum Gasteiger partial charge on any atom is 0.276 e. The first kappa shape index (κ1) is 20.7. The molecule has 7 nitrogen and oxygen atoms in total. The Labute approximate surface area is 183 Å². The van der Waals surface area contributed by atoms with Gasteiger partial charge in [0, 0.05) is 41.4 Å². The molecule has 0 bridgehead atoms. The molecule has 2 aliphatic rings. The van der Waals surface area contributed by atoms with Crippen molar-refractivity contribution in [2.45, 2.75) is 32.2 Å². The Bertz CT molecular complexity index is 1300. The average molecular weight is 463 g/mol. The van der Waals surface area contributed by atoms with Crippen LogP contribution < -0.4 is 5.43 Å². The lowest BCUT2D eigenvalue weighted by molar-refractivity contribution is 0.00638. The second kappa shape index (κ2) is 7.45. The first-order chi connectivity index (χ1) is 15.2. The molecule has 3 aromatic rings. The van der Waals surface area contributed by atoms with Crippen LogP contribution in [0.4, 0.5) is 13.2 Å². The molecule has 0 spiro atoms. The second-order valence-corrected chi connectivity index (χ2v) is 8.84. The third-order valence-corrected chi connectivity index (χ3v) is 6.63. The molecular formula is C21H16F3N3O4S. The monoisotopic (exact) mass is 463 g/mol. The van der Waals surface area contributed by atoms with E-state index in [1.807, 2.05) is 6.92 Å². The number of aromatic nitrogens is 2. The molecule has 2 aliphatic heterocycles. The van der Waals surface area contributed by atoms with Crippen LogP contribution in [-0.2, 0) is 17.7 Å². The molecule has 32 heavy (non-hydrogen) atoms. The number of carbonyl (C=O) groups is 1. The van der Waals surface area contributed by atoms with Crippen molar-refractivity contribution < 1.29 is 27.8 Å². The Kier molecular flexibility index (Phi) is 4.82. The van der Waals surface area contributed by atoms with Crippen LogP contribution in [-0.4, -0.2) is 44.3 Å². The van der Waals surface area contributed by atoms with Gasteiger partial charge in [0.05, 0.1) is 24.8 Å². The lowest BCUT2D eigenvalue weighted by Crippen LogP contribution is -2.48. The lowest BCUT2D eigenvalue weighted by atomic mass is 10.1. The number of fused-ring (bicyclic) bond motifs is 2.